The predicted molar refractivity (Wildman–Crippen MR) is 119 cm³/mol. The summed E-state index contributed by atoms with van der Waals surface area (Å²) in [5, 5.41) is 3.43. The van der Waals surface area contributed by atoms with E-state index in [1.807, 2.05) is 35.8 Å². The highest BCUT2D eigenvalue weighted by Gasteiger charge is 2.16. The zero-order valence-corrected chi connectivity index (χ0v) is 18.1. The summed E-state index contributed by atoms with van der Waals surface area (Å²) in [6, 6.07) is 14.3. The molecule has 0 aliphatic rings. The van der Waals surface area contributed by atoms with Crippen LogP contribution in [-0.4, -0.2) is 34.7 Å². The van der Waals surface area contributed by atoms with Crippen LogP contribution in [0.4, 0.5) is 0 Å². The smallest absolute Gasteiger partial charge is 0.251 e. The van der Waals surface area contributed by atoms with Crippen molar-refractivity contribution in [3.05, 3.63) is 76.7 Å². The number of benzene rings is 2. The molecule has 0 radical (unpaired) electrons. The lowest BCUT2D eigenvalue weighted by Gasteiger charge is -2.13. The lowest BCUT2D eigenvalue weighted by Crippen LogP contribution is -2.23. The molecular formula is C23H21ClN4O3. The molecule has 0 aliphatic carbocycles. The molecular weight excluding hydrogens is 416 g/mol. The van der Waals surface area contributed by atoms with Crippen LogP contribution in [0.15, 0.2) is 54.7 Å². The second kappa shape index (κ2) is 8.65. The normalized spacial score (nSPS) is 10.8. The number of aryl methyl sites for hydroxylation is 1. The molecule has 4 rings (SSSR count). The summed E-state index contributed by atoms with van der Waals surface area (Å²) in [6.07, 6.45) is 1.70. The number of fused-ring (bicyclic) bond motifs is 1. The Morgan fingerprint density at radius 1 is 1.13 bits per heavy atom. The lowest BCUT2D eigenvalue weighted by molar-refractivity contribution is 0.0950. The largest absolute Gasteiger partial charge is 0.497 e. The second-order valence-electron chi connectivity index (χ2n) is 6.87. The lowest BCUT2D eigenvalue weighted by atomic mass is 10.1. The van der Waals surface area contributed by atoms with Crippen LogP contribution in [-0.2, 0) is 6.54 Å². The molecule has 4 aromatic rings. The number of imidazole rings is 1. The monoisotopic (exact) mass is 436 g/mol. The van der Waals surface area contributed by atoms with E-state index >= 15 is 0 Å². The molecule has 0 spiro atoms. The van der Waals surface area contributed by atoms with Gasteiger partial charge in [0.15, 0.2) is 5.65 Å². The first kappa shape index (κ1) is 20.7. The average Bonchev–Trinajstić information content (AvgIpc) is 3.13. The fraction of sp³-hybridized carbons (Fsp3) is 0.174. The Balaban J connectivity index is 1.61. The minimum atomic E-state index is -0.231. The van der Waals surface area contributed by atoms with Crippen LogP contribution < -0.4 is 14.8 Å². The number of methoxy groups -OCH3 is 2. The van der Waals surface area contributed by atoms with Gasteiger partial charge in [0, 0.05) is 29.9 Å². The highest BCUT2D eigenvalue weighted by Crippen LogP contribution is 2.27. The molecule has 8 heteroatoms. The Labute approximate surface area is 184 Å². The van der Waals surface area contributed by atoms with E-state index in [0.29, 0.717) is 40.0 Å². The van der Waals surface area contributed by atoms with Crippen LogP contribution in [0, 0.1) is 6.92 Å². The summed E-state index contributed by atoms with van der Waals surface area (Å²) in [5.41, 5.74) is 3.41. The van der Waals surface area contributed by atoms with Gasteiger partial charge in [0.25, 0.3) is 5.91 Å². The van der Waals surface area contributed by atoms with Crippen LogP contribution in [0.3, 0.4) is 0 Å². The zero-order chi connectivity index (χ0) is 22.0. The first-order chi connectivity index (χ1) is 15.0. The van der Waals surface area contributed by atoms with Gasteiger partial charge in [-0.05, 0) is 49.4 Å². The van der Waals surface area contributed by atoms with Gasteiger partial charge in [-0.2, -0.15) is 0 Å². The van der Waals surface area contributed by atoms with E-state index in [-0.39, 0.29) is 5.91 Å². The Kier molecular flexibility index (Phi) is 5.77. The van der Waals surface area contributed by atoms with Crippen molar-refractivity contribution >= 4 is 28.7 Å². The minimum Gasteiger partial charge on any atom is -0.497 e. The van der Waals surface area contributed by atoms with E-state index in [4.69, 9.17) is 21.1 Å². The number of pyridine rings is 1. The van der Waals surface area contributed by atoms with Gasteiger partial charge in [-0.3, -0.25) is 9.36 Å². The van der Waals surface area contributed by atoms with Crippen molar-refractivity contribution in [3.63, 3.8) is 0 Å². The third-order valence-corrected chi connectivity index (χ3v) is 5.29. The Bertz CT molecular complexity index is 1270. The van der Waals surface area contributed by atoms with Gasteiger partial charge < -0.3 is 14.8 Å². The van der Waals surface area contributed by atoms with Crippen molar-refractivity contribution in [2.24, 2.45) is 0 Å². The third kappa shape index (κ3) is 4.04. The number of aromatic nitrogens is 3. The number of carbonyl (C=O) groups is 1. The number of nitrogens with zero attached hydrogens (tertiary/aromatic N) is 3. The molecule has 2 aromatic heterocycles. The van der Waals surface area contributed by atoms with E-state index in [0.717, 1.165) is 16.9 Å². The summed E-state index contributed by atoms with van der Waals surface area (Å²) in [6.45, 7) is 2.18. The molecule has 1 amide bonds. The molecule has 0 saturated heterocycles. The standard InChI is InChI=1S/C23H21ClN4O3/c1-14-27-19-5-4-10-25-22(19)28(14)20-11-15(7-9-18(20)24)23(29)26-13-16-6-8-17(30-2)12-21(16)31-3/h4-12H,13H2,1-3H3,(H,26,29). The van der Waals surface area contributed by atoms with Crippen molar-refractivity contribution in [1.82, 2.24) is 19.9 Å². The summed E-state index contributed by atoms with van der Waals surface area (Å²) in [5.74, 6) is 1.83. The first-order valence-corrected chi connectivity index (χ1v) is 9.98. The van der Waals surface area contributed by atoms with Gasteiger partial charge in [-0.25, -0.2) is 9.97 Å². The molecule has 0 atom stereocenters. The topological polar surface area (TPSA) is 78.3 Å². The highest BCUT2D eigenvalue weighted by atomic mass is 35.5. The number of hydrogen-bond donors (Lipinski definition) is 1. The number of rotatable bonds is 6. The molecule has 0 aliphatic heterocycles. The number of carbonyl (C=O) groups excluding carboxylic acids is 1. The third-order valence-electron chi connectivity index (χ3n) is 4.97. The molecule has 0 fully saturated rings. The van der Waals surface area contributed by atoms with Gasteiger partial charge in [0.2, 0.25) is 0 Å². The molecule has 2 heterocycles. The molecule has 7 nitrogen and oxygen atoms in total. The van der Waals surface area contributed by atoms with Gasteiger partial charge in [0.1, 0.15) is 22.8 Å². The SMILES string of the molecule is COc1ccc(CNC(=O)c2ccc(Cl)c(-n3c(C)nc4cccnc43)c2)c(OC)c1. The van der Waals surface area contributed by atoms with Crippen LogP contribution in [0.2, 0.25) is 5.02 Å². The molecule has 0 unspecified atom stereocenters. The quantitative estimate of drug-likeness (QED) is 0.486. The van der Waals surface area contributed by atoms with E-state index in [1.165, 1.54) is 0 Å². The Morgan fingerprint density at radius 3 is 2.74 bits per heavy atom. The van der Waals surface area contributed by atoms with Gasteiger partial charge in [-0.15, -0.1) is 0 Å². The van der Waals surface area contributed by atoms with E-state index in [1.54, 1.807) is 44.7 Å². The van der Waals surface area contributed by atoms with Crippen LogP contribution >= 0.6 is 11.6 Å². The van der Waals surface area contributed by atoms with Crippen LogP contribution in [0.5, 0.6) is 11.5 Å². The van der Waals surface area contributed by atoms with Gasteiger partial charge in [0.05, 0.1) is 24.9 Å². The van der Waals surface area contributed by atoms with Crippen LogP contribution in [0.1, 0.15) is 21.7 Å². The molecule has 2 aromatic carbocycles. The van der Waals surface area contributed by atoms with Crippen molar-refractivity contribution in [1.29, 1.82) is 0 Å². The number of halogens is 1. The van der Waals surface area contributed by atoms with Crippen molar-refractivity contribution in [2.75, 3.05) is 14.2 Å². The van der Waals surface area contributed by atoms with E-state index in [2.05, 4.69) is 15.3 Å². The summed E-state index contributed by atoms with van der Waals surface area (Å²) < 4.78 is 12.5. The predicted octanol–water partition coefficient (Wildman–Crippen LogP) is 4.33. The first-order valence-electron chi connectivity index (χ1n) is 9.61. The molecule has 0 bridgehead atoms. The minimum absolute atomic E-state index is 0.231. The van der Waals surface area contributed by atoms with Gasteiger partial charge in [-0.1, -0.05) is 11.6 Å². The Morgan fingerprint density at radius 2 is 1.97 bits per heavy atom. The summed E-state index contributed by atoms with van der Waals surface area (Å²) in [7, 11) is 3.17. The van der Waals surface area contributed by atoms with Crippen molar-refractivity contribution in [3.8, 4) is 17.2 Å². The summed E-state index contributed by atoms with van der Waals surface area (Å²) >= 11 is 6.47. The highest BCUT2D eigenvalue weighted by molar-refractivity contribution is 6.32. The number of nitrogens with one attached hydrogen (secondary N) is 1. The molecule has 158 valence electrons. The van der Waals surface area contributed by atoms with E-state index < -0.39 is 0 Å². The fourth-order valence-electron chi connectivity index (χ4n) is 3.41. The molecule has 31 heavy (non-hydrogen) atoms. The Hall–Kier alpha value is -3.58. The number of ether oxygens (including phenoxy) is 2. The second-order valence-corrected chi connectivity index (χ2v) is 7.27. The maximum Gasteiger partial charge on any atom is 0.251 e. The van der Waals surface area contributed by atoms with Crippen molar-refractivity contribution < 1.29 is 14.3 Å². The van der Waals surface area contributed by atoms with Crippen molar-refractivity contribution in [2.45, 2.75) is 13.5 Å². The van der Waals surface area contributed by atoms with Gasteiger partial charge >= 0.3 is 0 Å². The number of amides is 1. The fourth-order valence-corrected chi connectivity index (χ4v) is 3.62. The average molecular weight is 437 g/mol. The molecule has 0 saturated carbocycles. The van der Waals surface area contributed by atoms with Crippen LogP contribution in [0.25, 0.3) is 16.9 Å². The maximum atomic E-state index is 12.9. The maximum absolute atomic E-state index is 12.9. The summed E-state index contributed by atoms with van der Waals surface area (Å²) in [4.78, 5) is 21.8. The van der Waals surface area contributed by atoms with E-state index in [9.17, 15) is 4.79 Å². The molecule has 1 N–H and O–H groups in total. The zero-order valence-electron chi connectivity index (χ0n) is 17.3. The number of hydrogen-bond acceptors (Lipinski definition) is 5.